The molecule has 2 unspecified atom stereocenters. The highest BCUT2D eigenvalue weighted by molar-refractivity contribution is 7.90. The summed E-state index contributed by atoms with van der Waals surface area (Å²) in [4.78, 5) is 77.2. The zero-order valence-electron chi connectivity index (χ0n) is 39.0. The highest BCUT2D eigenvalue weighted by Crippen LogP contribution is 2.45. The van der Waals surface area contributed by atoms with Crippen LogP contribution in [0.3, 0.4) is 0 Å². The van der Waals surface area contributed by atoms with Crippen molar-refractivity contribution in [1.29, 1.82) is 0 Å². The molecule has 3 N–H and O–H groups in total. The van der Waals surface area contributed by atoms with Crippen LogP contribution in [0.25, 0.3) is 22.3 Å². The Morgan fingerprint density at radius 3 is 2.34 bits per heavy atom. The van der Waals surface area contributed by atoms with E-state index in [9.17, 15) is 32.4 Å². The summed E-state index contributed by atoms with van der Waals surface area (Å²) in [5, 5.41) is 8.97. The largest absolute Gasteiger partial charge is 0.497 e. The molecule has 2 aromatic carbocycles. The second-order valence-electron chi connectivity index (χ2n) is 18.1. The van der Waals surface area contributed by atoms with Crippen LogP contribution in [0.15, 0.2) is 71.5 Å². The number of hydrogen-bond donors (Lipinski definition) is 3. The van der Waals surface area contributed by atoms with Gasteiger partial charge in [-0.2, -0.15) is 0 Å². The van der Waals surface area contributed by atoms with E-state index in [0.717, 1.165) is 24.3 Å². The number of carbonyl (C=O) groups excluding carboxylic acids is 5. The average Bonchev–Trinajstić information content (AvgIpc) is 3.55. The van der Waals surface area contributed by atoms with Crippen LogP contribution in [0.2, 0.25) is 0 Å². The maximum absolute atomic E-state index is 14.5. The van der Waals surface area contributed by atoms with Crippen LogP contribution < -0.4 is 24.8 Å². The first kappa shape index (κ1) is 50.3. The molecule has 2 fully saturated rings. The topological polar surface area (TPSA) is 222 Å². The van der Waals surface area contributed by atoms with E-state index in [1.165, 1.54) is 47.6 Å². The Morgan fingerprint density at radius 1 is 0.970 bits per heavy atom. The first-order chi connectivity index (χ1) is 31.8. The van der Waals surface area contributed by atoms with Crippen molar-refractivity contribution in [3.63, 3.8) is 0 Å². The maximum atomic E-state index is 14.5. The van der Waals surface area contributed by atoms with E-state index in [1.807, 2.05) is 11.4 Å². The molecule has 1 saturated carbocycles. The van der Waals surface area contributed by atoms with Crippen LogP contribution in [0.4, 0.5) is 10.5 Å². The molecule has 0 bridgehead atoms. The van der Waals surface area contributed by atoms with E-state index in [-0.39, 0.29) is 48.3 Å². The van der Waals surface area contributed by atoms with Gasteiger partial charge in [0.05, 0.1) is 48.4 Å². The van der Waals surface area contributed by atoms with Gasteiger partial charge in [0.25, 0.3) is 15.9 Å². The van der Waals surface area contributed by atoms with Gasteiger partial charge in [0.2, 0.25) is 11.8 Å². The van der Waals surface area contributed by atoms with Crippen LogP contribution in [0, 0.1) is 5.92 Å². The Kier molecular flexibility index (Phi) is 16.0. The summed E-state index contributed by atoms with van der Waals surface area (Å²) in [5.74, 6) is -1.82. The zero-order valence-corrected chi connectivity index (χ0v) is 40.6. The van der Waals surface area contributed by atoms with E-state index in [4.69, 9.17) is 24.2 Å². The molecule has 17 nitrogen and oxygen atoms in total. The highest BCUT2D eigenvalue weighted by atomic mass is 32.2. The number of nitrogens with one attached hydrogen (secondary N) is 3. The zero-order chi connectivity index (χ0) is 48.7. The Balaban J connectivity index is 1.18. The van der Waals surface area contributed by atoms with Crippen LogP contribution in [-0.4, -0.2) is 97.1 Å². The van der Waals surface area contributed by atoms with E-state index >= 15 is 0 Å². The number of nitrogens with zero attached hydrogens (tertiary/aromatic N) is 3. The predicted octanol–water partition coefficient (Wildman–Crippen LogP) is 7.66. The SMILES string of the molecule is C=CC1CC1(NC(=O)[C@@H]1C[C@@H](Oc2cc(-c3csc(C(C)C)n3)nc3cc(OC)ccc23)CN1C(=O)OC(C)(C)C)C(=O)NS(=O)(=O)c1ccccc1NC(=O)CCCCCCCC(=O)OC. The van der Waals surface area contributed by atoms with Gasteiger partial charge < -0.3 is 29.6 Å². The number of carbonyl (C=O) groups is 5. The number of unbranched alkanes of at least 4 members (excludes halogenated alkanes) is 4. The van der Waals surface area contributed by atoms with Gasteiger partial charge >= 0.3 is 12.1 Å². The van der Waals surface area contributed by atoms with Crippen molar-refractivity contribution in [3.05, 3.63) is 71.6 Å². The molecular weight excluding hydrogens is 901 g/mol. The number of esters is 1. The van der Waals surface area contributed by atoms with Crippen molar-refractivity contribution in [2.24, 2.45) is 5.92 Å². The number of likely N-dealkylation sites (tertiary alicyclic amines) is 1. The quantitative estimate of drug-likeness (QED) is 0.0441. The number of ether oxygens (including phenoxy) is 4. The third-order valence-corrected chi connectivity index (χ3v) is 14.0. The molecule has 3 heterocycles. The lowest BCUT2D eigenvalue weighted by Crippen LogP contribution is -2.56. The lowest BCUT2D eigenvalue weighted by Gasteiger charge is -2.29. The minimum atomic E-state index is -4.61. The van der Waals surface area contributed by atoms with Crippen LogP contribution in [0.5, 0.6) is 11.5 Å². The number of fused-ring (bicyclic) bond motifs is 1. The number of amides is 4. The van der Waals surface area contributed by atoms with Gasteiger partial charge in [0, 0.05) is 54.0 Å². The summed E-state index contributed by atoms with van der Waals surface area (Å²) in [5.41, 5.74) is -0.865. The van der Waals surface area contributed by atoms with Crippen LogP contribution >= 0.6 is 11.3 Å². The molecule has 1 saturated heterocycles. The van der Waals surface area contributed by atoms with Gasteiger partial charge in [-0.3, -0.25) is 24.1 Å². The summed E-state index contributed by atoms with van der Waals surface area (Å²) < 4.78 is 52.5. The number of pyridine rings is 1. The Morgan fingerprint density at radius 2 is 1.69 bits per heavy atom. The number of sulfonamides is 1. The Bertz CT molecular complexity index is 2610. The number of anilines is 1. The van der Waals surface area contributed by atoms with Gasteiger partial charge in [0.15, 0.2) is 0 Å². The van der Waals surface area contributed by atoms with E-state index in [1.54, 1.807) is 52.1 Å². The fourth-order valence-corrected chi connectivity index (χ4v) is 9.88. The van der Waals surface area contributed by atoms with Crippen molar-refractivity contribution < 1.29 is 51.3 Å². The number of thiazole rings is 1. The summed E-state index contributed by atoms with van der Waals surface area (Å²) >= 11 is 1.53. The molecule has 360 valence electrons. The summed E-state index contributed by atoms with van der Waals surface area (Å²) in [6.45, 7) is 13.0. The second kappa shape index (κ2) is 21.3. The number of para-hydroxylation sites is 1. The molecule has 6 rings (SSSR count). The number of rotatable bonds is 20. The molecule has 4 atom stereocenters. The van der Waals surface area contributed by atoms with Crippen molar-refractivity contribution in [1.82, 2.24) is 24.9 Å². The molecule has 0 spiro atoms. The number of aromatic nitrogens is 2. The summed E-state index contributed by atoms with van der Waals surface area (Å²) in [6.07, 6.45) is 4.01. The maximum Gasteiger partial charge on any atom is 0.411 e. The summed E-state index contributed by atoms with van der Waals surface area (Å²) in [7, 11) is -1.70. The third kappa shape index (κ3) is 12.5. The Hall–Kier alpha value is -6.08. The molecule has 1 aliphatic heterocycles. The van der Waals surface area contributed by atoms with Crippen molar-refractivity contribution in [2.75, 3.05) is 26.1 Å². The lowest BCUT2D eigenvalue weighted by atomic mass is 10.1. The van der Waals surface area contributed by atoms with Gasteiger partial charge in [-0.25, -0.2) is 27.9 Å². The number of methoxy groups -OCH3 is 2. The van der Waals surface area contributed by atoms with Crippen molar-refractivity contribution in [3.8, 4) is 22.9 Å². The van der Waals surface area contributed by atoms with E-state index in [0.29, 0.717) is 53.1 Å². The number of hydrogen-bond acceptors (Lipinski definition) is 14. The van der Waals surface area contributed by atoms with Crippen LogP contribution in [0.1, 0.15) is 103 Å². The average molecular weight is 961 g/mol. The minimum absolute atomic E-state index is 0.00813. The lowest BCUT2D eigenvalue weighted by molar-refractivity contribution is -0.140. The summed E-state index contributed by atoms with van der Waals surface area (Å²) in [6, 6.07) is 11.7. The smallest absolute Gasteiger partial charge is 0.411 e. The molecule has 1 aliphatic carbocycles. The van der Waals surface area contributed by atoms with Crippen molar-refractivity contribution >= 4 is 67.7 Å². The van der Waals surface area contributed by atoms with Gasteiger partial charge in [-0.15, -0.1) is 17.9 Å². The minimum Gasteiger partial charge on any atom is -0.497 e. The molecule has 2 aliphatic rings. The molecule has 2 aromatic heterocycles. The standard InChI is InChI=1S/C48H60N6O11S2/c1-9-30-26-48(30,45(58)53-67(60,61)40-18-16-15-17-34(40)50-41(55)19-13-11-10-12-14-20-42(56)63-8)52-43(57)38-24-32(27-54(38)46(59)65-47(4,5)6)64-39-25-36(37-28-66-44(51-37)29(2)3)49-35-23-31(62-7)21-22-33(35)39/h9,15-18,21-23,25,28-30,32,38H,1,10-14,19-20,24,26-27H2,2-8H3,(H,50,55)(H,52,57)(H,53,58)/t30?,32-,38+,48?/m1/s1. The van der Waals surface area contributed by atoms with Gasteiger partial charge in [0.1, 0.15) is 39.7 Å². The Labute approximate surface area is 395 Å². The fourth-order valence-electron chi connectivity index (χ4n) is 7.85. The predicted molar refractivity (Wildman–Crippen MR) is 253 cm³/mol. The fraction of sp³-hybridized carbons (Fsp3) is 0.479. The van der Waals surface area contributed by atoms with Gasteiger partial charge in [-0.05, 0) is 64.3 Å². The number of benzene rings is 2. The van der Waals surface area contributed by atoms with Crippen molar-refractivity contribution in [2.45, 2.75) is 127 Å². The van der Waals surface area contributed by atoms with E-state index in [2.05, 4.69) is 40.5 Å². The highest BCUT2D eigenvalue weighted by Gasteiger charge is 2.61. The third-order valence-electron chi connectivity index (χ3n) is 11.5. The van der Waals surface area contributed by atoms with Crippen LogP contribution in [-0.2, 0) is 38.7 Å². The first-order valence-corrected chi connectivity index (χ1v) is 24.7. The normalized spacial score (nSPS) is 19.1. The second-order valence-corrected chi connectivity index (χ2v) is 20.6. The molecule has 19 heteroatoms. The monoisotopic (exact) mass is 960 g/mol. The molecule has 0 radical (unpaired) electrons. The molecule has 67 heavy (non-hydrogen) atoms. The molecule has 4 aromatic rings. The molecular formula is C48H60N6O11S2. The van der Waals surface area contributed by atoms with E-state index < -0.39 is 63.0 Å². The molecule has 4 amide bonds. The first-order valence-electron chi connectivity index (χ1n) is 22.4. The van der Waals surface area contributed by atoms with Gasteiger partial charge in [-0.1, -0.05) is 51.3 Å².